The molecule has 0 saturated heterocycles. The van der Waals surface area contributed by atoms with Crippen LogP contribution in [0.1, 0.15) is 124 Å². The van der Waals surface area contributed by atoms with Gasteiger partial charge in [0.05, 0.1) is 25.2 Å². The summed E-state index contributed by atoms with van der Waals surface area (Å²) in [6.07, 6.45) is 11.2. The van der Waals surface area contributed by atoms with Crippen LogP contribution in [0.25, 0.3) is 0 Å². The van der Waals surface area contributed by atoms with Crippen molar-refractivity contribution >= 4 is 15.6 Å². The molecule has 2 aromatic rings. The standard InChI is InChI=1S/C35H56O4.H4O7P2/c1-7-11-15-28-19-26(5)20-29(16-12-8-2)32(28)35(39,34(23-36,24-37)25-38)33-30(17-13-9-3)21-27(6)22-31(33)18-14-10-4;1-8(2,3)7-9(4,5)6/h19-22,36-39H,7-18,23-25H2,1-6H3;(H2,1,2,3)(H2,4,5,6). The number of rotatable bonds is 20. The minimum atomic E-state index is -5.05. The van der Waals surface area contributed by atoms with Crippen LogP contribution in [-0.2, 0) is 44.7 Å². The largest absolute Gasteiger partial charge is 0.478 e. The first kappa shape index (κ1) is 44.6. The Hall–Kier alpha value is -1.46. The highest BCUT2D eigenvalue weighted by molar-refractivity contribution is 7.60. The van der Waals surface area contributed by atoms with Crippen molar-refractivity contribution in [3.05, 3.63) is 68.8 Å². The molecule has 0 saturated carbocycles. The van der Waals surface area contributed by atoms with Crippen molar-refractivity contribution in [2.24, 2.45) is 5.41 Å². The predicted octanol–water partition coefficient (Wildman–Crippen LogP) is 6.06. The summed E-state index contributed by atoms with van der Waals surface area (Å²) < 4.78 is 22.2. The molecule has 0 amide bonds. The second-order valence-electron chi connectivity index (χ2n) is 12.9. The zero-order valence-corrected chi connectivity index (χ0v) is 31.4. The Bertz CT molecular complexity index is 1210. The Morgan fingerprint density at radius 3 is 0.979 bits per heavy atom. The molecule has 2 rings (SSSR count). The highest BCUT2D eigenvalue weighted by Gasteiger charge is 2.55. The van der Waals surface area contributed by atoms with E-state index in [9.17, 15) is 29.6 Å². The molecule has 8 N–H and O–H groups in total. The molecular formula is C35H60O11P2. The van der Waals surface area contributed by atoms with Crippen LogP contribution in [0.3, 0.4) is 0 Å². The number of aliphatic hydroxyl groups is 4. The van der Waals surface area contributed by atoms with Crippen molar-refractivity contribution in [1.29, 1.82) is 0 Å². The fraction of sp³-hybridized carbons (Fsp3) is 0.657. The monoisotopic (exact) mass is 718 g/mol. The van der Waals surface area contributed by atoms with Crippen LogP contribution < -0.4 is 0 Å². The summed E-state index contributed by atoms with van der Waals surface area (Å²) in [7, 11) is -10.1. The van der Waals surface area contributed by atoms with Gasteiger partial charge in [-0.3, -0.25) is 0 Å². The number of aryl methyl sites for hydroxylation is 6. The van der Waals surface area contributed by atoms with Gasteiger partial charge in [-0.05, 0) is 98.6 Å². The summed E-state index contributed by atoms with van der Waals surface area (Å²) in [5.41, 5.74) is 4.85. The van der Waals surface area contributed by atoms with Crippen LogP contribution in [-0.4, -0.2) is 59.8 Å². The van der Waals surface area contributed by atoms with Crippen LogP contribution in [0, 0.1) is 19.3 Å². The fourth-order valence-electron chi connectivity index (χ4n) is 6.36. The van der Waals surface area contributed by atoms with E-state index >= 15 is 0 Å². The quantitative estimate of drug-likeness (QED) is 0.0739. The minimum absolute atomic E-state index is 0.529. The third-order valence-corrected chi connectivity index (χ3v) is 10.4. The second-order valence-corrected chi connectivity index (χ2v) is 15.5. The maximum absolute atomic E-state index is 13.5. The lowest BCUT2D eigenvalue weighted by Gasteiger charge is -2.48. The molecule has 0 atom stereocenters. The van der Waals surface area contributed by atoms with Gasteiger partial charge >= 0.3 is 15.6 Å². The van der Waals surface area contributed by atoms with E-state index in [4.69, 9.17) is 19.6 Å². The molecule has 276 valence electrons. The number of hydrogen-bond acceptors (Lipinski definition) is 7. The van der Waals surface area contributed by atoms with Gasteiger partial charge in [0.25, 0.3) is 0 Å². The second kappa shape index (κ2) is 20.4. The molecule has 48 heavy (non-hydrogen) atoms. The van der Waals surface area contributed by atoms with Crippen molar-refractivity contribution in [2.45, 2.75) is 124 Å². The lowest BCUT2D eigenvalue weighted by Crippen LogP contribution is -2.55. The highest BCUT2D eigenvalue weighted by Crippen LogP contribution is 2.54. The van der Waals surface area contributed by atoms with Gasteiger partial charge in [0.1, 0.15) is 5.60 Å². The van der Waals surface area contributed by atoms with E-state index in [1.807, 2.05) is 0 Å². The SMILES string of the molecule is CCCCc1cc(C)cc(CCCC)c1C(O)(c1c(CCCC)cc(C)cc1CCCC)C(CO)(CO)CO.O=P(O)(O)OP(=O)(O)O. The van der Waals surface area contributed by atoms with E-state index in [2.05, 4.69) is 70.1 Å². The van der Waals surface area contributed by atoms with Gasteiger partial charge in [-0.2, -0.15) is 4.31 Å². The third-order valence-electron chi connectivity index (χ3n) is 8.70. The van der Waals surface area contributed by atoms with Gasteiger partial charge in [0.15, 0.2) is 0 Å². The Morgan fingerprint density at radius 2 is 0.812 bits per heavy atom. The molecule has 11 nitrogen and oxygen atoms in total. The smallest absolute Gasteiger partial charge is 0.395 e. The van der Waals surface area contributed by atoms with Crippen molar-refractivity contribution < 1.29 is 53.4 Å². The molecule has 0 aliphatic rings. The third kappa shape index (κ3) is 12.4. The van der Waals surface area contributed by atoms with E-state index < -0.39 is 46.5 Å². The van der Waals surface area contributed by atoms with E-state index in [-0.39, 0.29) is 0 Å². The number of benzene rings is 2. The summed E-state index contributed by atoms with van der Waals surface area (Å²) >= 11 is 0. The zero-order valence-electron chi connectivity index (χ0n) is 29.6. The first-order chi connectivity index (χ1) is 22.4. The molecule has 0 aromatic heterocycles. The number of phosphoric acid groups is 2. The van der Waals surface area contributed by atoms with Gasteiger partial charge in [0.2, 0.25) is 0 Å². The van der Waals surface area contributed by atoms with Gasteiger partial charge in [-0.1, -0.05) is 88.8 Å². The van der Waals surface area contributed by atoms with Crippen LogP contribution in [0.5, 0.6) is 0 Å². The van der Waals surface area contributed by atoms with Gasteiger partial charge in [0, 0.05) is 0 Å². The first-order valence-corrected chi connectivity index (χ1v) is 20.1. The molecule has 0 unspecified atom stereocenters. The molecule has 0 heterocycles. The normalized spacial score (nSPS) is 12.6. The van der Waals surface area contributed by atoms with E-state index in [0.717, 1.165) is 122 Å². The molecule has 0 radical (unpaired) electrons. The summed E-state index contributed by atoms with van der Waals surface area (Å²) in [5.74, 6) is 0. The predicted molar refractivity (Wildman–Crippen MR) is 189 cm³/mol. The van der Waals surface area contributed by atoms with Crippen LogP contribution in [0.4, 0.5) is 0 Å². The number of hydrogen-bond donors (Lipinski definition) is 8. The molecule has 0 spiro atoms. The summed E-state index contributed by atoms with van der Waals surface area (Å²) in [5, 5.41) is 46.3. The van der Waals surface area contributed by atoms with Gasteiger partial charge in [-0.25, -0.2) is 9.13 Å². The number of aliphatic hydroxyl groups excluding tert-OH is 3. The highest BCUT2D eigenvalue weighted by atomic mass is 31.3. The molecular weight excluding hydrogens is 658 g/mol. The van der Waals surface area contributed by atoms with Crippen LogP contribution in [0.15, 0.2) is 24.3 Å². The van der Waals surface area contributed by atoms with Gasteiger partial charge in [-0.15, -0.1) is 0 Å². The Balaban J connectivity index is 0.00000112. The zero-order chi connectivity index (χ0) is 36.8. The summed E-state index contributed by atoms with van der Waals surface area (Å²) in [6.45, 7) is 11.3. The lowest BCUT2D eigenvalue weighted by atomic mass is 9.61. The summed E-state index contributed by atoms with van der Waals surface area (Å²) in [4.78, 5) is 31.0. The molecule has 13 heteroatoms. The molecule has 2 aromatic carbocycles. The molecule has 0 fully saturated rings. The van der Waals surface area contributed by atoms with Crippen molar-refractivity contribution in [2.75, 3.05) is 19.8 Å². The first-order valence-electron chi connectivity index (χ1n) is 17.1. The van der Waals surface area contributed by atoms with Crippen molar-refractivity contribution in [3.63, 3.8) is 0 Å². The van der Waals surface area contributed by atoms with Crippen molar-refractivity contribution in [3.8, 4) is 0 Å². The Kier molecular flexibility index (Phi) is 18.9. The molecule has 0 aliphatic carbocycles. The number of unbranched alkanes of at least 4 members (excludes halogenated alkanes) is 4. The Morgan fingerprint density at radius 1 is 0.562 bits per heavy atom. The van der Waals surface area contributed by atoms with Crippen LogP contribution >= 0.6 is 15.6 Å². The maximum atomic E-state index is 13.5. The van der Waals surface area contributed by atoms with E-state index in [1.54, 1.807) is 0 Å². The fourth-order valence-corrected chi connectivity index (χ4v) is 7.47. The van der Waals surface area contributed by atoms with E-state index in [1.165, 1.54) is 0 Å². The topological polar surface area (TPSA) is 205 Å². The average Bonchev–Trinajstić information content (AvgIpc) is 2.99. The molecule has 0 bridgehead atoms. The summed E-state index contributed by atoms with van der Waals surface area (Å²) in [6, 6.07) is 8.70. The van der Waals surface area contributed by atoms with E-state index in [0.29, 0.717) is 0 Å². The maximum Gasteiger partial charge on any atom is 0.478 e. The molecule has 0 aliphatic heterocycles. The minimum Gasteiger partial charge on any atom is -0.395 e. The average molecular weight is 719 g/mol. The van der Waals surface area contributed by atoms with Gasteiger partial charge < -0.3 is 40.0 Å². The Labute approximate surface area is 286 Å². The van der Waals surface area contributed by atoms with Crippen LogP contribution in [0.2, 0.25) is 0 Å². The lowest BCUT2D eigenvalue weighted by molar-refractivity contribution is -0.137. The van der Waals surface area contributed by atoms with Crippen molar-refractivity contribution in [1.82, 2.24) is 0 Å².